The lowest BCUT2D eigenvalue weighted by atomic mass is 9.78. The number of hydrogen-bond acceptors (Lipinski definition) is 2. The van der Waals surface area contributed by atoms with Gasteiger partial charge in [0.2, 0.25) is 0 Å². The number of hydrogen-bond donors (Lipinski definition) is 2. The molecule has 2 atom stereocenters. The highest BCUT2D eigenvalue weighted by Crippen LogP contribution is 2.38. The Kier molecular flexibility index (Phi) is 5.05. The number of nitrogens with two attached hydrogens (primary N) is 1. The molecule has 0 aliphatic rings. The van der Waals surface area contributed by atoms with Crippen LogP contribution in [0.4, 0.5) is 0 Å². The summed E-state index contributed by atoms with van der Waals surface area (Å²) in [6.45, 7) is 6.57. The van der Waals surface area contributed by atoms with E-state index >= 15 is 0 Å². The van der Waals surface area contributed by atoms with Gasteiger partial charge in [-0.3, -0.25) is 0 Å². The van der Waals surface area contributed by atoms with Crippen LogP contribution in [0.15, 0.2) is 60.7 Å². The maximum atomic E-state index is 6.93. The van der Waals surface area contributed by atoms with Crippen LogP contribution in [0, 0.1) is 5.92 Å². The summed E-state index contributed by atoms with van der Waals surface area (Å²) in [5.74, 6) is 1.23. The molecule has 0 spiro atoms. The summed E-state index contributed by atoms with van der Waals surface area (Å²) in [7, 11) is 0. The van der Waals surface area contributed by atoms with Crippen molar-refractivity contribution in [2.45, 2.75) is 39.2 Å². The van der Waals surface area contributed by atoms with Crippen molar-refractivity contribution in [1.29, 1.82) is 0 Å². The monoisotopic (exact) mass is 333 g/mol. The summed E-state index contributed by atoms with van der Waals surface area (Å²) in [4.78, 5) is 8.51. The fourth-order valence-corrected chi connectivity index (χ4v) is 3.38. The van der Waals surface area contributed by atoms with Gasteiger partial charge < -0.3 is 10.7 Å². The van der Waals surface area contributed by atoms with Gasteiger partial charge in [0.15, 0.2) is 0 Å². The Hall–Kier alpha value is -2.39. The maximum Gasteiger partial charge on any atom is 0.138 e. The Morgan fingerprint density at radius 1 is 0.960 bits per heavy atom. The molecule has 130 valence electrons. The molecule has 3 rings (SSSR count). The van der Waals surface area contributed by atoms with Crippen LogP contribution in [-0.2, 0) is 5.54 Å². The summed E-state index contributed by atoms with van der Waals surface area (Å²) < 4.78 is 0. The van der Waals surface area contributed by atoms with E-state index in [-0.39, 0.29) is 0 Å². The number of nitrogens with one attached hydrogen (secondary N) is 1. The molecule has 0 bridgehead atoms. The molecule has 0 fully saturated rings. The summed E-state index contributed by atoms with van der Waals surface area (Å²) in [5.41, 5.74) is 10.7. The van der Waals surface area contributed by atoms with E-state index in [9.17, 15) is 0 Å². The van der Waals surface area contributed by atoms with E-state index in [2.05, 4.69) is 50.0 Å². The average molecular weight is 333 g/mol. The van der Waals surface area contributed by atoms with Gasteiger partial charge in [-0.2, -0.15) is 0 Å². The first-order valence-electron chi connectivity index (χ1n) is 9.10. The minimum absolute atomic E-state index is 0.351. The van der Waals surface area contributed by atoms with E-state index in [1.807, 2.05) is 36.4 Å². The molecule has 1 aromatic heterocycles. The smallest absolute Gasteiger partial charge is 0.138 e. The molecule has 0 saturated carbocycles. The number of imidazole rings is 1. The van der Waals surface area contributed by atoms with Gasteiger partial charge >= 0.3 is 0 Å². The molecule has 0 radical (unpaired) electrons. The quantitative estimate of drug-likeness (QED) is 0.638. The third-order valence-electron chi connectivity index (χ3n) is 5.34. The van der Waals surface area contributed by atoms with Gasteiger partial charge in [0.25, 0.3) is 0 Å². The van der Waals surface area contributed by atoms with Crippen LogP contribution in [0.1, 0.15) is 39.3 Å². The van der Waals surface area contributed by atoms with Gasteiger partial charge in [-0.05, 0) is 12.3 Å². The van der Waals surface area contributed by atoms with Gasteiger partial charge in [0.05, 0.1) is 16.9 Å². The first-order valence-corrected chi connectivity index (χ1v) is 9.10. The number of H-pyrrole nitrogens is 1. The fraction of sp³-hybridized carbons (Fsp3) is 0.318. The van der Waals surface area contributed by atoms with Gasteiger partial charge in [0.1, 0.15) is 5.82 Å². The molecule has 1 heterocycles. The zero-order valence-electron chi connectivity index (χ0n) is 15.3. The van der Waals surface area contributed by atoms with Gasteiger partial charge in [-0.25, -0.2) is 4.98 Å². The Balaban J connectivity index is 2.20. The van der Waals surface area contributed by atoms with Crippen LogP contribution in [0.25, 0.3) is 22.6 Å². The molecule has 2 unspecified atom stereocenters. The van der Waals surface area contributed by atoms with Crippen LogP contribution >= 0.6 is 0 Å². The molecule has 3 heteroatoms. The number of rotatable bonds is 6. The second-order valence-electron chi connectivity index (χ2n) is 6.74. The number of aromatic amines is 1. The summed E-state index contributed by atoms with van der Waals surface area (Å²) in [6, 6.07) is 20.5. The van der Waals surface area contributed by atoms with Crippen molar-refractivity contribution < 1.29 is 0 Å². The summed E-state index contributed by atoms with van der Waals surface area (Å²) in [5, 5.41) is 0. The SMILES string of the molecule is CCC(C)C(N)(CC)c1[nH]c(-c2ccccc2)nc1-c1ccccc1. The highest BCUT2D eigenvalue weighted by molar-refractivity contribution is 5.68. The second kappa shape index (κ2) is 7.24. The lowest BCUT2D eigenvalue weighted by molar-refractivity contribution is 0.271. The Morgan fingerprint density at radius 2 is 1.52 bits per heavy atom. The number of aromatic nitrogens is 2. The topological polar surface area (TPSA) is 54.7 Å². The lowest BCUT2D eigenvalue weighted by Crippen LogP contribution is -2.43. The van der Waals surface area contributed by atoms with Crippen molar-refractivity contribution in [2.24, 2.45) is 11.7 Å². The zero-order valence-corrected chi connectivity index (χ0v) is 15.3. The van der Waals surface area contributed by atoms with Crippen molar-refractivity contribution in [3.63, 3.8) is 0 Å². The molecule has 2 aromatic carbocycles. The molecular formula is C22H27N3. The minimum Gasteiger partial charge on any atom is -0.340 e. The van der Waals surface area contributed by atoms with Crippen molar-refractivity contribution in [3.8, 4) is 22.6 Å². The van der Waals surface area contributed by atoms with Crippen molar-refractivity contribution in [3.05, 3.63) is 66.4 Å². The minimum atomic E-state index is -0.431. The van der Waals surface area contributed by atoms with E-state index in [0.717, 1.165) is 41.2 Å². The summed E-state index contributed by atoms with van der Waals surface area (Å²) >= 11 is 0. The first kappa shape index (κ1) is 17.4. The molecular weight excluding hydrogens is 306 g/mol. The van der Waals surface area contributed by atoms with E-state index in [1.165, 1.54) is 0 Å². The third-order valence-corrected chi connectivity index (χ3v) is 5.34. The van der Waals surface area contributed by atoms with E-state index in [0.29, 0.717) is 5.92 Å². The molecule has 0 amide bonds. The van der Waals surface area contributed by atoms with E-state index in [1.54, 1.807) is 0 Å². The highest BCUT2D eigenvalue weighted by atomic mass is 15.0. The van der Waals surface area contributed by atoms with Gasteiger partial charge in [0, 0.05) is 11.1 Å². The second-order valence-corrected chi connectivity index (χ2v) is 6.74. The van der Waals surface area contributed by atoms with Crippen molar-refractivity contribution >= 4 is 0 Å². The van der Waals surface area contributed by atoms with E-state index < -0.39 is 5.54 Å². The van der Waals surface area contributed by atoms with Crippen LogP contribution in [0.3, 0.4) is 0 Å². The predicted molar refractivity (Wildman–Crippen MR) is 105 cm³/mol. The van der Waals surface area contributed by atoms with Crippen LogP contribution in [0.2, 0.25) is 0 Å². The standard InChI is InChI=1S/C22H27N3/c1-4-16(3)22(23,5-2)20-19(17-12-8-6-9-13-17)24-21(25-20)18-14-10-7-11-15-18/h6-16H,4-5,23H2,1-3H3,(H,24,25). The summed E-state index contributed by atoms with van der Waals surface area (Å²) in [6.07, 6.45) is 1.89. The molecule has 3 aromatic rings. The van der Waals surface area contributed by atoms with Gasteiger partial charge in [-0.15, -0.1) is 0 Å². The fourth-order valence-electron chi connectivity index (χ4n) is 3.38. The average Bonchev–Trinajstić information content (AvgIpc) is 3.14. The highest BCUT2D eigenvalue weighted by Gasteiger charge is 2.36. The third kappa shape index (κ3) is 3.24. The molecule has 0 saturated heterocycles. The largest absolute Gasteiger partial charge is 0.340 e. The van der Waals surface area contributed by atoms with Gasteiger partial charge in [-0.1, -0.05) is 87.9 Å². The molecule has 3 nitrogen and oxygen atoms in total. The van der Waals surface area contributed by atoms with Crippen molar-refractivity contribution in [2.75, 3.05) is 0 Å². The van der Waals surface area contributed by atoms with Crippen LogP contribution < -0.4 is 5.73 Å². The van der Waals surface area contributed by atoms with Crippen LogP contribution in [-0.4, -0.2) is 9.97 Å². The Bertz CT molecular complexity index is 808. The van der Waals surface area contributed by atoms with Crippen molar-refractivity contribution in [1.82, 2.24) is 9.97 Å². The maximum absolute atomic E-state index is 6.93. The number of benzene rings is 2. The molecule has 0 aliphatic carbocycles. The Labute approximate surface area is 150 Å². The number of nitrogens with zero attached hydrogens (tertiary/aromatic N) is 1. The van der Waals surface area contributed by atoms with E-state index in [4.69, 9.17) is 10.7 Å². The lowest BCUT2D eigenvalue weighted by Gasteiger charge is -2.34. The van der Waals surface area contributed by atoms with Crippen LogP contribution in [0.5, 0.6) is 0 Å². The molecule has 3 N–H and O–H groups in total. The first-order chi connectivity index (χ1) is 12.1. The zero-order chi connectivity index (χ0) is 17.9. The predicted octanol–water partition coefficient (Wildman–Crippen LogP) is 5.35. The molecule has 0 aliphatic heterocycles. The Morgan fingerprint density at radius 3 is 2.04 bits per heavy atom. The molecule has 25 heavy (non-hydrogen) atoms. The normalized spacial score (nSPS) is 14.9.